The van der Waals surface area contributed by atoms with Crippen molar-refractivity contribution in [2.24, 2.45) is 0 Å². The monoisotopic (exact) mass is 298 g/mol. The Kier molecular flexibility index (Phi) is 5.03. The summed E-state index contributed by atoms with van der Waals surface area (Å²) in [7, 11) is 0. The molecule has 2 aromatic carbocycles. The van der Waals surface area contributed by atoms with Crippen molar-refractivity contribution < 1.29 is 24.2 Å². The summed E-state index contributed by atoms with van der Waals surface area (Å²) in [6.45, 7) is -0.105. The van der Waals surface area contributed by atoms with Crippen LogP contribution in [0.2, 0.25) is 0 Å². The lowest BCUT2D eigenvalue weighted by Crippen LogP contribution is -2.11. The first-order valence-electron chi connectivity index (χ1n) is 6.62. The Morgan fingerprint density at radius 2 is 1.41 bits per heavy atom. The van der Waals surface area contributed by atoms with Crippen LogP contribution in [0.1, 0.15) is 27.1 Å². The molecule has 2 rings (SSSR count). The Morgan fingerprint density at radius 3 is 2.00 bits per heavy atom. The molecule has 0 heterocycles. The molecule has 0 saturated carbocycles. The van der Waals surface area contributed by atoms with E-state index in [9.17, 15) is 14.4 Å². The quantitative estimate of drug-likeness (QED) is 0.627. The fraction of sp³-hybridized carbons (Fsp3) is 0.118. The van der Waals surface area contributed by atoms with Crippen molar-refractivity contribution in [1.82, 2.24) is 0 Å². The molecule has 0 radical (unpaired) electrons. The molecule has 0 amide bonds. The summed E-state index contributed by atoms with van der Waals surface area (Å²) >= 11 is 0. The van der Waals surface area contributed by atoms with Crippen LogP contribution in [-0.2, 0) is 4.79 Å². The Bertz CT molecular complexity index is 674. The first-order valence-corrected chi connectivity index (χ1v) is 6.62. The SMILES string of the molecule is O=C(O)CC(=O)c1ccc(OCC(=O)c2ccccc2)cc1. The van der Waals surface area contributed by atoms with Gasteiger partial charge in [-0.2, -0.15) is 0 Å². The van der Waals surface area contributed by atoms with Gasteiger partial charge in [0.05, 0.1) is 0 Å². The van der Waals surface area contributed by atoms with Crippen molar-refractivity contribution in [3.63, 3.8) is 0 Å². The van der Waals surface area contributed by atoms with Gasteiger partial charge in [-0.15, -0.1) is 0 Å². The van der Waals surface area contributed by atoms with Crippen LogP contribution in [0, 0.1) is 0 Å². The lowest BCUT2D eigenvalue weighted by molar-refractivity contribution is -0.135. The number of carboxylic acids is 1. The fourth-order valence-corrected chi connectivity index (χ4v) is 1.83. The van der Waals surface area contributed by atoms with Crippen LogP contribution in [0.5, 0.6) is 5.75 Å². The van der Waals surface area contributed by atoms with E-state index in [0.29, 0.717) is 16.9 Å². The molecular formula is C17H14O5. The number of hydrogen-bond acceptors (Lipinski definition) is 4. The van der Waals surface area contributed by atoms with Crippen molar-refractivity contribution in [1.29, 1.82) is 0 Å². The Labute approximate surface area is 127 Å². The Morgan fingerprint density at radius 1 is 0.818 bits per heavy atom. The number of benzene rings is 2. The second kappa shape index (κ2) is 7.17. The molecule has 0 aliphatic rings. The minimum atomic E-state index is -1.17. The predicted molar refractivity (Wildman–Crippen MR) is 79.3 cm³/mol. The van der Waals surface area contributed by atoms with Gasteiger partial charge >= 0.3 is 5.97 Å². The minimum absolute atomic E-state index is 0.105. The van der Waals surface area contributed by atoms with Gasteiger partial charge in [0.15, 0.2) is 18.2 Å². The summed E-state index contributed by atoms with van der Waals surface area (Å²) in [4.78, 5) is 33.9. The standard InChI is InChI=1S/C17H14O5/c18-15(10-17(20)21)13-6-8-14(9-7-13)22-11-16(19)12-4-2-1-3-5-12/h1-9H,10-11H2,(H,20,21). The van der Waals surface area contributed by atoms with Crippen LogP contribution >= 0.6 is 0 Å². The lowest BCUT2D eigenvalue weighted by Gasteiger charge is -2.06. The van der Waals surface area contributed by atoms with Gasteiger partial charge < -0.3 is 9.84 Å². The smallest absolute Gasteiger partial charge is 0.311 e. The number of carboxylic acid groups (broad SMARTS) is 1. The predicted octanol–water partition coefficient (Wildman–Crippen LogP) is 2.61. The maximum atomic E-state index is 11.9. The lowest BCUT2D eigenvalue weighted by atomic mass is 10.1. The zero-order valence-electron chi connectivity index (χ0n) is 11.7. The molecule has 0 fully saturated rings. The van der Waals surface area contributed by atoms with Gasteiger partial charge in [-0.25, -0.2) is 0 Å². The first kappa shape index (κ1) is 15.4. The van der Waals surface area contributed by atoms with E-state index in [2.05, 4.69) is 0 Å². The van der Waals surface area contributed by atoms with E-state index in [4.69, 9.17) is 9.84 Å². The van der Waals surface area contributed by atoms with Gasteiger partial charge in [0, 0.05) is 11.1 Å². The highest BCUT2D eigenvalue weighted by Gasteiger charge is 2.11. The molecule has 5 heteroatoms. The molecule has 0 bridgehead atoms. The minimum Gasteiger partial charge on any atom is -0.485 e. The summed E-state index contributed by atoms with van der Waals surface area (Å²) in [6, 6.07) is 14.8. The average Bonchev–Trinajstić information content (AvgIpc) is 2.53. The maximum absolute atomic E-state index is 11.9. The highest BCUT2D eigenvalue weighted by Crippen LogP contribution is 2.14. The van der Waals surface area contributed by atoms with E-state index in [0.717, 1.165) is 0 Å². The Balaban J connectivity index is 1.93. The molecule has 112 valence electrons. The molecule has 0 aromatic heterocycles. The third-order valence-electron chi connectivity index (χ3n) is 2.95. The zero-order chi connectivity index (χ0) is 15.9. The van der Waals surface area contributed by atoms with E-state index in [1.165, 1.54) is 24.3 Å². The summed E-state index contributed by atoms with van der Waals surface area (Å²) < 4.78 is 5.36. The van der Waals surface area contributed by atoms with E-state index in [1.54, 1.807) is 24.3 Å². The van der Waals surface area contributed by atoms with Crippen LogP contribution in [-0.4, -0.2) is 29.2 Å². The molecular weight excluding hydrogens is 284 g/mol. The van der Waals surface area contributed by atoms with Crippen molar-refractivity contribution in [3.8, 4) is 5.75 Å². The second-order valence-electron chi connectivity index (χ2n) is 4.60. The molecule has 0 spiro atoms. The normalized spacial score (nSPS) is 10.0. The third-order valence-corrected chi connectivity index (χ3v) is 2.95. The van der Waals surface area contributed by atoms with Crippen LogP contribution in [0.3, 0.4) is 0 Å². The molecule has 1 N–H and O–H groups in total. The fourth-order valence-electron chi connectivity index (χ4n) is 1.83. The molecule has 0 aliphatic carbocycles. The van der Waals surface area contributed by atoms with Crippen LogP contribution in [0.15, 0.2) is 54.6 Å². The molecule has 0 saturated heterocycles. The number of ketones is 2. The van der Waals surface area contributed by atoms with Crippen molar-refractivity contribution in [2.75, 3.05) is 6.61 Å². The summed E-state index contributed by atoms with van der Waals surface area (Å²) in [5, 5.41) is 8.57. The molecule has 0 unspecified atom stereocenters. The molecule has 2 aromatic rings. The molecule has 5 nitrogen and oxygen atoms in total. The number of rotatable bonds is 7. The first-order chi connectivity index (χ1) is 10.6. The number of carbonyl (C=O) groups excluding carboxylic acids is 2. The van der Waals surface area contributed by atoms with Gasteiger partial charge in [-0.3, -0.25) is 14.4 Å². The number of Topliss-reactive ketones (excluding diaryl/α,β-unsaturated/α-hetero) is 2. The van der Waals surface area contributed by atoms with E-state index < -0.39 is 18.2 Å². The van der Waals surface area contributed by atoms with E-state index >= 15 is 0 Å². The van der Waals surface area contributed by atoms with Gasteiger partial charge in [-0.1, -0.05) is 30.3 Å². The summed E-state index contributed by atoms with van der Waals surface area (Å²) in [6.07, 6.45) is -0.549. The summed E-state index contributed by atoms with van der Waals surface area (Å²) in [5.41, 5.74) is 0.861. The number of ether oxygens (including phenoxy) is 1. The van der Waals surface area contributed by atoms with Crippen LogP contribution in [0.4, 0.5) is 0 Å². The molecule has 0 aliphatic heterocycles. The molecule has 22 heavy (non-hydrogen) atoms. The highest BCUT2D eigenvalue weighted by molar-refractivity contribution is 6.05. The summed E-state index contributed by atoms with van der Waals surface area (Å²) in [5.74, 6) is -1.35. The third kappa shape index (κ3) is 4.28. The average molecular weight is 298 g/mol. The maximum Gasteiger partial charge on any atom is 0.311 e. The number of carbonyl (C=O) groups is 3. The number of hydrogen-bond donors (Lipinski definition) is 1. The van der Waals surface area contributed by atoms with Gasteiger partial charge in [0.1, 0.15) is 12.2 Å². The van der Waals surface area contributed by atoms with Crippen LogP contribution in [0.25, 0.3) is 0 Å². The van der Waals surface area contributed by atoms with Crippen molar-refractivity contribution in [3.05, 3.63) is 65.7 Å². The second-order valence-corrected chi connectivity index (χ2v) is 4.60. The van der Waals surface area contributed by atoms with E-state index in [-0.39, 0.29) is 12.4 Å². The van der Waals surface area contributed by atoms with E-state index in [1.807, 2.05) is 6.07 Å². The Hall–Kier alpha value is -2.95. The molecule has 0 atom stereocenters. The largest absolute Gasteiger partial charge is 0.485 e. The van der Waals surface area contributed by atoms with Gasteiger partial charge in [-0.05, 0) is 24.3 Å². The van der Waals surface area contributed by atoms with Crippen LogP contribution < -0.4 is 4.74 Å². The zero-order valence-corrected chi connectivity index (χ0v) is 11.7. The topological polar surface area (TPSA) is 80.7 Å². The number of aliphatic carboxylic acids is 1. The van der Waals surface area contributed by atoms with Gasteiger partial charge in [0.2, 0.25) is 0 Å². The van der Waals surface area contributed by atoms with Crippen molar-refractivity contribution >= 4 is 17.5 Å². The highest BCUT2D eigenvalue weighted by atomic mass is 16.5. The van der Waals surface area contributed by atoms with Gasteiger partial charge in [0.25, 0.3) is 0 Å². The van der Waals surface area contributed by atoms with Crippen molar-refractivity contribution in [2.45, 2.75) is 6.42 Å².